The van der Waals surface area contributed by atoms with Crippen molar-refractivity contribution in [2.24, 2.45) is 0 Å². The molecule has 11 rings (SSSR count). The zero-order valence-electron chi connectivity index (χ0n) is 41.3. The van der Waals surface area contributed by atoms with Gasteiger partial charge in [-0.25, -0.2) is 0 Å². The first-order valence-electron chi connectivity index (χ1n) is 24.4. The van der Waals surface area contributed by atoms with E-state index in [1.54, 1.807) is 0 Å². The van der Waals surface area contributed by atoms with Crippen LogP contribution in [0.5, 0.6) is 0 Å². The lowest BCUT2D eigenvalue weighted by molar-refractivity contribution is 0.652. The molecule has 2 heteroatoms. The van der Waals surface area contributed by atoms with Gasteiger partial charge in [-0.15, -0.1) is 0 Å². The van der Waals surface area contributed by atoms with Crippen LogP contribution < -0.4 is 9.80 Å². The SMILES string of the molecule is C=C/C=C(\C=C)N(c1ccc(-c2cccc3c2-c2cc4c(cc2C3(C)C)-c2ccc(-c3ccc(N(/C(C)=C/C)c5ccccc5)cc3)cc2C4(C)C)cc1)c1ccc2c(c1)C(C)(C)c1ccccc1-2. The predicted molar refractivity (Wildman–Crippen MR) is 295 cm³/mol. The van der Waals surface area contributed by atoms with Crippen molar-refractivity contribution < 1.29 is 0 Å². The summed E-state index contributed by atoms with van der Waals surface area (Å²) in [4.78, 5) is 4.62. The van der Waals surface area contributed by atoms with E-state index in [4.69, 9.17) is 0 Å². The molecule has 0 aromatic heterocycles. The molecule has 69 heavy (non-hydrogen) atoms. The summed E-state index contributed by atoms with van der Waals surface area (Å²) in [5.41, 5.74) is 27.3. The largest absolute Gasteiger partial charge is 0.315 e. The first-order valence-corrected chi connectivity index (χ1v) is 24.4. The van der Waals surface area contributed by atoms with Crippen molar-refractivity contribution >= 4 is 22.7 Å². The molecular weight excluding hydrogens is 833 g/mol. The maximum absolute atomic E-state index is 4.25. The Morgan fingerprint density at radius 2 is 0.899 bits per heavy atom. The number of benzene rings is 8. The number of allylic oxidation sites excluding steroid dienone is 5. The molecule has 338 valence electrons. The second-order valence-corrected chi connectivity index (χ2v) is 20.6. The molecule has 3 aliphatic rings. The van der Waals surface area contributed by atoms with Gasteiger partial charge in [-0.05, 0) is 182 Å². The highest BCUT2D eigenvalue weighted by Gasteiger charge is 2.43. The molecular formula is C67H60N2. The van der Waals surface area contributed by atoms with Gasteiger partial charge in [0.25, 0.3) is 0 Å². The third kappa shape index (κ3) is 6.75. The number of rotatable bonds is 10. The van der Waals surface area contributed by atoms with Crippen LogP contribution in [0.2, 0.25) is 0 Å². The fourth-order valence-electron chi connectivity index (χ4n) is 11.9. The summed E-state index contributed by atoms with van der Waals surface area (Å²) in [7, 11) is 0. The Bertz CT molecular complexity index is 3450. The minimum Gasteiger partial charge on any atom is -0.315 e. The van der Waals surface area contributed by atoms with E-state index in [1.807, 2.05) is 18.2 Å². The second kappa shape index (κ2) is 16.2. The molecule has 0 aliphatic heterocycles. The van der Waals surface area contributed by atoms with Gasteiger partial charge in [0.1, 0.15) is 0 Å². The third-order valence-electron chi connectivity index (χ3n) is 15.8. The topological polar surface area (TPSA) is 6.48 Å². The Morgan fingerprint density at radius 3 is 1.61 bits per heavy atom. The van der Waals surface area contributed by atoms with Gasteiger partial charge >= 0.3 is 0 Å². The molecule has 0 unspecified atom stereocenters. The summed E-state index contributed by atoms with van der Waals surface area (Å²) in [6, 6.07) is 63.6. The van der Waals surface area contributed by atoms with Crippen molar-refractivity contribution in [2.75, 3.05) is 9.80 Å². The summed E-state index contributed by atoms with van der Waals surface area (Å²) >= 11 is 0. The average Bonchev–Trinajstić information content (AvgIpc) is 3.85. The third-order valence-corrected chi connectivity index (χ3v) is 15.8. The highest BCUT2D eigenvalue weighted by Crippen LogP contribution is 2.58. The minimum absolute atomic E-state index is 0.114. The molecule has 2 nitrogen and oxygen atoms in total. The van der Waals surface area contributed by atoms with Crippen LogP contribution in [0.1, 0.15) is 88.8 Å². The number of nitrogens with zero attached hydrogens (tertiary/aromatic N) is 2. The molecule has 0 atom stereocenters. The maximum Gasteiger partial charge on any atom is 0.0465 e. The zero-order valence-corrected chi connectivity index (χ0v) is 41.3. The van der Waals surface area contributed by atoms with E-state index in [1.165, 1.54) is 94.7 Å². The summed E-state index contributed by atoms with van der Waals surface area (Å²) in [5.74, 6) is 0. The van der Waals surface area contributed by atoms with Crippen LogP contribution in [-0.4, -0.2) is 0 Å². The molecule has 0 N–H and O–H groups in total. The second-order valence-electron chi connectivity index (χ2n) is 20.6. The Kier molecular flexibility index (Phi) is 10.3. The van der Waals surface area contributed by atoms with E-state index in [2.05, 4.69) is 254 Å². The van der Waals surface area contributed by atoms with Gasteiger partial charge in [-0.3, -0.25) is 0 Å². The molecule has 8 aromatic carbocycles. The first-order chi connectivity index (χ1) is 33.3. The minimum atomic E-state index is -0.187. The normalized spacial score (nSPS) is 15.3. The Balaban J connectivity index is 0.944. The molecule has 0 spiro atoms. The molecule has 0 amide bonds. The smallest absolute Gasteiger partial charge is 0.0465 e. The fourth-order valence-corrected chi connectivity index (χ4v) is 11.9. The van der Waals surface area contributed by atoms with Crippen LogP contribution in [0.3, 0.4) is 0 Å². The molecule has 0 bridgehead atoms. The molecule has 0 fully saturated rings. The lowest BCUT2D eigenvalue weighted by Crippen LogP contribution is -2.18. The Morgan fingerprint density at radius 1 is 0.406 bits per heavy atom. The van der Waals surface area contributed by atoms with Gasteiger partial charge in [0.2, 0.25) is 0 Å². The van der Waals surface area contributed by atoms with Gasteiger partial charge in [-0.2, -0.15) is 0 Å². The maximum atomic E-state index is 4.25. The van der Waals surface area contributed by atoms with Crippen LogP contribution in [0.25, 0.3) is 55.6 Å². The van der Waals surface area contributed by atoms with E-state index in [0.717, 1.165) is 28.4 Å². The van der Waals surface area contributed by atoms with E-state index < -0.39 is 0 Å². The van der Waals surface area contributed by atoms with Crippen LogP contribution >= 0.6 is 0 Å². The quantitative estimate of drug-likeness (QED) is 0.126. The molecule has 0 radical (unpaired) electrons. The van der Waals surface area contributed by atoms with Crippen molar-refractivity contribution in [3.63, 3.8) is 0 Å². The van der Waals surface area contributed by atoms with Gasteiger partial charge in [0.15, 0.2) is 0 Å². The molecule has 0 saturated heterocycles. The molecule has 0 heterocycles. The van der Waals surface area contributed by atoms with Crippen LogP contribution in [-0.2, 0) is 16.2 Å². The van der Waals surface area contributed by atoms with E-state index in [-0.39, 0.29) is 16.2 Å². The van der Waals surface area contributed by atoms with Crippen molar-refractivity contribution in [1.82, 2.24) is 0 Å². The number of para-hydroxylation sites is 1. The van der Waals surface area contributed by atoms with E-state index in [9.17, 15) is 0 Å². The first kappa shape index (κ1) is 43.9. The highest BCUT2D eigenvalue weighted by molar-refractivity contribution is 5.97. The van der Waals surface area contributed by atoms with Gasteiger partial charge in [0.05, 0.1) is 0 Å². The summed E-state index contributed by atoms with van der Waals surface area (Å²) < 4.78 is 0. The predicted octanol–water partition coefficient (Wildman–Crippen LogP) is 18.4. The van der Waals surface area contributed by atoms with Gasteiger partial charge in [-0.1, -0.05) is 170 Å². The average molecular weight is 893 g/mol. The van der Waals surface area contributed by atoms with Crippen molar-refractivity contribution in [3.8, 4) is 55.6 Å². The Labute approximate surface area is 410 Å². The number of hydrogen-bond donors (Lipinski definition) is 0. The Hall–Kier alpha value is -7.68. The van der Waals surface area contributed by atoms with E-state index in [0.29, 0.717) is 0 Å². The molecule has 8 aromatic rings. The van der Waals surface area contributed by atoms with Crippen molar-refractivity contribution in [2.45, 2.75) is 71.6 Å². The lowest BCUT2D eigenvalue weighted by atomic mass is 9.79. The summed E-state index contributed by atoms with van der Waals surface area (Å²) in [6.07, 6.45) is 7.98. The van der Waals surface area contributed by atoms with E-state index >= 15 is 0 Å². The van der Waals surface area contributed by atoms with Gasteiger partial charge in [0, 0.05) is 50.4 Å². The summed E-state index contributed by atoms with van der Waals surface area (Å²) in [6.45, 7) is 26.9. The van der Waals surface area contributed by atoms with Gasteiger partial charge < -0.3 is 9.80 Å². The zero-order chi connectivity index (χ0) is 48.0. The number of hydrogen-bond acceptors (Lipinski definition) is 2. The van der Waals surface area contributed by atoms with Crippen LogP contribution in [0.4, 0.5) is 22.7 Å². The number of fused-ring (bicyclic) bond motifs is 9. The van der Waals surface area contributed by atoms with Crippen LogP contribution in [0, 0.1) is 0 Å². The summed E-state index contributed by atoms with van der Waals surface area (Å²) in [5, 5.41) is 0. The molecule has 3 aliphatic carbocycles. The van der Waals surface area contributed by atoms with Crippen LogP contribution in [0.15, 0.2) is 219 Å². The highest BCUT2D eigenvalue weighted by atomic mass is 15.1. The monoisotopic (exact) mass is 892 g/mol. The standard InChI is InChI=1S/C67H60N2/c1-11-20-47(13-3)69(51-36-38-54-53-23-17-18-25-58(53)65(5,6)61(54)40-51)50-34-29-45(30-35-50)52-24-19-26-59-64(52)57-42-62-56(41-63(57)66(59,7)8)55-37-31-46(39-60(55)67(62,9)10)44-27-32-49(33-28-44)68(43(4)12-2)48-21-15-14-16-22-48/h11-42H,1,3H2,2,4-10H3/b43-12+,47-20+. The lowest BCUT2D eigenvalue weighted by Gasteiger charge is -2.29. The molecule has 0 saturated carbocycles. The van der Waals surface area contributed by atoms with Crippen molar-refractivity contribution in [3.05, 3.63) is 252 Å². The fraction of sp³-hybridized carbons (Fsp3) is 0.164. The van der Waals surface area contributed by atoms with Crippen molar-refractivity contribution in [1.29, 1.82) is 0 Å². The number of anilines is 4.